The maximum atomic E-state index is 13.3. The number of nitro groups is 1. The lowest BCUT2D eigenvalue weighted by molar-refractivity contribution is -0.386. The van der Waals surface area contributed by atoms with E-state index in [1.807, 2.05) is 0 Å². The van der Waals surface area contributed by atoms with Gasteiger partial charge in [-0.1, -0.05) is 0 Å². The van der Waals surface area contributed by atoms with Gasteiger partial charge in [0.05, 0.1) is 9.82 Å². The molecule has 33 heavy (non-hydrogen) atoms. The lowest BCUT2D eigenvalue weighted by atomic mass is 10.1. The molecule has 7 nitrogen and oxygen atoms in total. The lowest BCUT2D eigenvalue weighted by Gasteiger charge is -2.31. The molecular formula is C14H8F11NO6S. The molecule has 1 atom stereocenters. The number of nitro benzene ring substituents is 1. The number of hydrogen-bond donors (Lipinski definition) is 0. The highest BCUT2D eigenvalue weighted by molar-refractivity contribution is 7.86. The van der Waals surface area contributed by atoms with Crippen molar-refractivity contribution in [3.05, 3.63) is 28.3 Å². The largest absolute Gasteiger partial charge is 0.475 e. The standard InChI is InChI=1S/C14H8F11NO6S/c15-10(16)12(19,20)13(21,22)11(17,18)5-32-9(27)4-31-8-2-1-6(3-7(8)26(28)29)33(30)14(23,24)25/h1-3,10H,4-5H2. The van der Waals surface area contributed by atoms with Crippen molar-refractivity contribution in [1.29, 1.82) is 0 Å². The first-order valence-corrected chi connectivity index (χ1v) is 8.87. The average Bonchev–Trinajstić information content (AvgIpc) is 2.68. The van der Waals surface area contributed by atoms with Gasteiger partial charge in [-0.15, -0.1) is 0 Å². The summed E-state index contributed by atoms with van der Waals surface area (Å²) < 4.78 is 159. The number of benzene rings is 1. The van der Waals surface area contributed by atoms with Crippen LogP contribution in [0.2, 0.25) is 0 Å². The number of esters is 1. The number of ether oxygens (including phenoxy) is 2. The molecule has 1 unspecified atom stereocenters. The molecule has 0 amide bonds. The van der Waals surface area contributed by atoms with Crippen LogP contribution in [0, 0.1) is 10.1 Å². The molecule has 0 aliphatic rings. The molecule has 0 radical (unpaired) electrons. The molecule has 0 bridgehead atoms. The zero-order chi connectivity index (χ0) is 26.0. The van der Waals surface area contributed by atoms with Gasteiger partial charge >= 0.3 is 41.4 Å². The minimum Gasteiger partial charge on any atom is -0.475 e. The van der Waals surface area contributed by atoms with Crippen LogP contribution in [0.25, 0.3) is 0 Å². The Balaban J connectivity index is 2.91. The summed E-state index contributed by atoms with van der Waals surface area (Å²) in [5, 5.41) is 10.9. The van der Waals surface area contributed by atoms with Crippen molar-refractivity contribution in [2.45, 2.75) is 34.6 Å². The van der Waals surface area contributed by atoms with Gasteiger partial charge in [-0.3, -0.25) is 10.1 Å². The third-order valence-corrected chi connectivity index (χ3v) is 4.57. The molecule has 1 aromatic carbocycles. The maximum absolute atomic E-state index is 13.3. The first-order valence-electron chi connectivity index (χ1n) is 7.72. The van der Waals surface area contributed by atoms with E-state index in [0.717, 1.165) is 0 Å². The van der Waals surface area contributed by atoms with Crippen LogP contribution in [0.4, 0.5) is 54.0 Å². The van der Waals surface area contributed by atoms with Gasteiger partial charge in [0.1, 0.15) is 0 Å². The van der Waals surface area contributed by atoms with E-state index in [2.05, 4.69) is 9.47 Å². The Morgan fingerprint density at radius 1 is 1.06 bits per heavy atom. The summed E-state index contributed by atoms with van der Waals surface area (Å²) in [5.41, 5.74) is -6.58. The summed E-state index contributed by atoms with van der Waals surface area (Å²) in [6.45, 7) is -4.41. The minimum absolute atomic E-state index is 0.144. The van der Waals surface area contributed by atoms with E-state index >= 15 is 0 Å². The second-order valence-electron chi connectivity index (χ2n) is 5.75. The molecule has 0 saturated heterocycles. The van der Waals surface area contributed by atoms with Crippen LogP contribution < -0.4 is 4.74 Å². The number of carbonyl (C=O) groups is 1. The van der Waals surface area contributed by atoms with Crippen LogP contribution in [0.5, 0.6) is 5.75 Å². The van der Waals surface area contributed by atoms with Crippen molar-refractivity contribution in [3.63, 3.8) is 0 Å². The zero-order valence-corrected chi connectivity index (χ0v) is 16.0. The first-order chi connectivity index (χ1) is 14.8. The fourth-order valence-electron chi connectivity index (χ4n) is 1.83. The Morgan fingerprint density at radius 2 is 1.61 bits per heavy atom. The van der Waals surface area contributed by atoms with Gasteiger partial charge in [-0.05, 0) is 12.1 Å². The van der Waals surface area contributed by atoms with Crippen molar-refractivity contribution >= 4 is 22.5 Å². The highest BCUT2D eigenvalue weighted by atomic mass is 32.2. The van der Waals surface area contributed by atoms with Crippen molar-refractivity contribution < 1.29 is 71.7 Å². The van der Waals surface area contributed by atoms with Crippen LogP contribution in [0.3, 0.4) is 0 Å². The summed E-state index contributed by atoms with van der Waals surface area (Å²) in [7, 11) is -3.70. The molecule has 0 heterocycles. The first kappa shape index (κ1) is 28.3. The van der Waals surface area contributed by atoms with Gasteiger partial charge in [-0.25, -0.2) is 17.8 Å². The van der Waals surface area contributed by atoms with E-state index in [0.29, 0.717) is 12.1 Å². The Morgan fingerprint density at radius 3 is 2.06 bits per heavy atom. The van der Waals surface area contributed by atoms with Crippen molar-refractivity contribution in [3.8, 4) is 5.75 Å². The Labute approximate surface area is 177 Å². The van der Waals surface area contributed by atoms with Gasteiger partial charge in [0.15, 0.2) is 29.8 Å². The highest BCUT2D eigenvalue weighted by Crippen LogP contribution is 2.48. The van der Waals surface area contributed by atoms with Gasteiger partial charge in [0, 0.05) is 6.07 Å². The Kier molecular flexibility index (Phi) is 8.26. The molecule has 1 rings (SSSR count). The van der Waals surface area contributed by atoms with E-state index in [1.54, 1.807) is 0 Å². The number of hydrogen-bond acceptors (Lipinski definition) is 6. The summed E-state index contributed by atoms with van der Waals surface area (Å²) in [5.74, 6) is -22.2. The maximum Gasteiger partial charge on any atom is 0.475 e. The number of alkyl halides is 11. The molecule has 0 saturated carbocycles. The highest BCUT2D eigenvalue weighted by Gasteiger charge is 2.75. The fraction of sp³-hybridized carbons (Fsp3) is 0.500. The molecular weight excluding hydrogens is 519 g/mol. The molecule has 0 spiro atoms. The SMILES string of the molecule is O=C(COc1ccc(S(=O)C(F)(F)F)cc1[N+](=O)[O-])OCC(F)(F)C(F)(F)C(F)(F)C(F)F. The molecule has 19 heteroatoms. The smallest absolute Gasteiger partial charge is 0.475 e. The molecule has 1 aromatic rings. The Bertz CT molecular complexity index is 921. The Hall–Kier alpha value is -2.73. The average molecular weight is 527 g/mol. The predicted molar refractivity (Wildman–Crippen MR) is 82.9 cm³/mol. The van der Waals surface area contributed by atoms with Gasteiger partial charge in [-0.2, -0.15) is 39.5 Å². The molecule has 0 fully saturated rings. The number of nitrogens with zero attached hydrogens (tertiary/aromatic N) is 1. The fourth-order valence-corrected chi connectivity index (χ4v) is 2.51. The third-order valence-electron chi connectivity index (χ3n) is 3.46. The molecule has 0 N–H and O–H groups in total. The van der Waals surface area contributed by atoms with Crippen LogP contribution in [-0.2, 0) is 20.3 Å². The van der Waals surface area contributed by atoms with Crippen LogP contribution in [0.15, 0.2) is 23.1 Å². The summed E-state index contributed by atoms with van der Waals surface area (Å²) in [6.07, 6.45) is -5.20. The van der Waals surface area contributed by atoms with Gasteiger partial charge in [0.2, 0.25) is 0 Å². The summed E-state index contributed by atoms with van der Waals surface area (Å²) >= 11 is 0. The van der Waals surface area contributed by atoms with E-state index in [1.165, 1.54) is 0 Å². The third kappa shape index (κ3) is 6.20. The van der Waals surface area contributed by atoms with Gasteiger partial charge in [0.25, 0.3) is 0 Å². The second-order valence-corrected chi connectivity index (χ2v) is 7.22. The van der Waals surface area contributed by atoms with E-state index in [-0.39, 0.29) is 6.07 Å². The number of halogens is 11. The molecule has 0 aromatic heterocycles. The number of carbonyl (C=O) groups excluding carboxylic acids is 1. The molecule has 0 aliphatic carbocycles. The second kappa shape index (κ2) is 9.64. The quantitative estimate of drug-likeness (QED) is 0.195. The lowest BCUT2D eigenvalue weighted by Crippen LogP contribution is -2.59. The van der Waals surface area contributed by atoms with E-state index in [4.69, 9.17) is 0 Å². The van der Waals surface area contributed by atoms with E-state index < -0.39 is 80.9 Å². The van der Waals surface area contributed by atoms with E-state index in [9.17, 15) is 67.4 Å². The molecule has 0 aliphatic heterocycles. The predicted octanol–water partition coefficient (Wildman–Crippen LogP) is 4.32. The molecule has 188 valence electrons. The monoisotopic (exact) mass is 527 g/mol. The topological polar surface area (TPSA) is 95.7 Å². The van der Waals surface area contributed by atoms with Gasteiger partial charge < -0.3 is 9.47 Å². The minimum atomic E-state index is -6.65. The van der Waals surface area contributed by atoms with Crippen LogP contribution >= 0.6 is 0 Å². The van der Waals surface area contributed by atoms with Crippen molar-refractivity contribution in [2.24, 2.45) is 0 Å². The normalized spacial score (nSPS) is 14.2. The number of rotatable bonds is 10. The van der Waals surface area contributed by atoms with Crippen LogP contribution in [-0.4, -0.2) is 58.0 Å². The summed E-state index contributed by atoms with van der Waals surface area (Å²) in [4.78, 5) is 19.8. The van der Waals surface area contributed by atoms with Crippen molar-refractivity contribution in [2.75, 3.05) is 13.2 Å². The van der Waals surface area contributed by atoms with Crippen molar-refractivity contribution in [1.82, 2.24) is 0 Å². The zero-order valence-electron chi connectivity index (χ0n) is 15.2. The summed E-state index contributed by atoms with van der Waals surface area (Å²) in [6, 6.07) is 1.00. The van der Waals surface area contributed by atoms with Crippen LogP contribution in [0.1, 0.15) is 0 Å².